The van der Waals surface area contributed by atoms with Crippen LogP contribution in [0.5, 0.6) is 0 Å². The molecular formula is C18H23N3O3. The molecule has 1 aromatic carbocycles. The molecule has 128 valence electrons. The maximum absolute atomic E-state index is 12.5. The third-order valence-electron chi connectivity index (χ3n) is 3.91. The lowest BCUT2D eigenvalue weighted by Gasteiger charge is -2.16. The van der Waals surface area contributed by atoms with E-state index in [1.165, 1.54) is 6.20 Å². The van der Waals surface area contributed by atoms with Gasteiger partial charge in [0.05, 0.1) is 23.1 Å². The van der Waals surface area contributed by atoms with Crippen LogP contribution < -0.4 is 5.32 Å². The quantitative estimate of drug-likeness (QED) is 0.853. The van der Waals surface area contributed by atoms with Gasteiger partial charge in [0.1, 0.15) is 6.04 Å². The summed E-state index contributed by atoms with van der Waals surface area (Å²) in [5.74, 6) is -1.27. The minimum atomic E-state index is -1.03. The molecule has 0 aliphatic carbocycles. The van der Waals surface area contributed by atoms with Crippen molar-refractivity contribution < 1.29 is 14.7 Å². The molecule has 0 bridgehead atoms. The van der Waals surface area contributed by atoms with Gasteiger partial charge < -0.3 is 10.4 Å². The first-order valence-electron chi connectivity index (χ1n) is 7.95. The van der Waals surface area contributed by atoms with E-state index in [0.717, 1.165) is 11.3 Å². The van der Waals surface area contributed by atoms with Crippen LogP contribution in [-0.4, -0.2) is 32.8 Å². The molecule has 6 heteroatoms. The predicted molar refractivity (Wildman–Crippen MR) is 91.4 cm³/mol. The van der Waals surface area contributed by atoms with Gasteiger partial charge in [-0.3, -0.25) is 4.79 Å². The topological polar surface area (TPSA) is 84.2 Å². The van der Waals surface area contributed by atoms with Gasteiger partial charge in [0, 0.05) is 0 Å². The molecule has 0 saturated heterocycles. The maximum Gasteiger partial charge on any atom is 0.326 e. The fourth-order valence-electron chi connectivity index (χ4n) is 2.61. The molecular weight excluding hydrogens is 306 g/mol. The molecule has 0 fully saturated rings. The second-order valence-corrected chi connectivity index (χ2v) is 6.34. The second-order valence-electron chi connectivity index (χ2n) is 6.34. The lowest BCUT2D eigenvalue weighted by atomic mass is 10.0. The summed E-state index contributed by atoms with van der Waals surface area (Å²) < 4.78 is 1.70. The molecule has 0 unspecified atom stereocenters. The first-order chi connectivity index (χ1) is 11.3. The number of nitrogens with zero attached hydrogens (tertiary/aromatic N) is 2. The van der Waals surface area contributed by atoms with Crippen LogP contribution in [0.1, 0.15) is 41.9 Å². The Morgan fingerprint density at radius 3 is 2.50 bits per heavy atom. The van der Waals surface area contributed by atoms with Gasteiger partial charge in [-0.15, -0.1) is 0 Å². The van der Waals surface area contributed by atoms with Crippen LogP contribution in [0.4, 0.5) is 0 Å². The molecule has 0 aliphatic rings. The number of aliphatic carboxylic acids is 1. The summed E-state index contributed by atoms with van der Waals surface area (Å²) in [6.45, 7) is 7.61. The van der Waals surface area contributed by atoms with Crippen molar-refractivity contribution in [1.29, 1.82) is 0 Å². The van der Waals surface area contributed by atoms with Crippen molar-refractivity contribution in [3.05, 3.63) is 47.3 Å². The number of rotatable bonds is 6. The molecule has 2 aromatic rings. The number of hydrogen-bond acceptors (Lipinski definition) is 3. The van der Waals surface area contributed by atoms with E-state index in [2.05, 4.69) is 10.4 Å². The average molecular weight is 329 g/mol. The van der Waals surface area contributed by atoms with Gasteiger partial charge in [0.2, 0.25) is 0 Å². The van der Waals surface area contributed by atoms with Gasteiger partial charge in [-0.2, -0.15) is 5.10 Å². The van der Waals surface area contributed by atoms with Crippen LogP contribution in [0.3, 0.4) is 0 Å². The predicted octanol–water partition coefficient (Wildman–Crippen LogP) is 2.72. The van der Waals surface area contributed by atoms with E-state index >= 15 is 0 Å². The number of aryl methyl sites for hydroxylation is 1. The largest absolute Gasteiger partial charge is 0.480 e. The molecule has 0 saturated carbocycles. The zero-order chi connectivity index (χ0) is 17.9. The number of carbonyl (C=O) groups excluding carboxylic acids is 1. The lowest BCUT2D eigenvalue weighted by Crippen LogP contribution is -2.41. The fraction of sp³-hybridized carbons (Fsp3) is 0.389. The number of nitrogens with one attached hydrogen (secondary N) is 1. The van der Waals surface area contributed by atoms with Crippen molar-refractivity contribution in [1.82, 2.24) is 15.1 Å². The Kier molecular flexibility index (Phi) is 5.39. The van der Waals surface area contributed by atoms with Crippen LogP contribution in [-0.2, 0) is 4.79 Å². The van der Waals surface area contributed by atoms with Crippen LogP contribution in [0.15, 0.2) is 30.5 Å². The van der Waals surface area contributed by atoms with Gasteiger partial charge in [0.25, 0.3) is 5.91 Å². The zero-order valence-electron chi connectivity index (χ0n) is 14.4. The molecule has 1 heterocycles. The average Bonchev–Trinajstić information content (AvgIpc) is 2.88. The normalized spacial score (nSPS) is 12.2. The molecule has 2 N–H and O–H groups in total. The standard InChI is InChI=1S/C18H23N3O3/c1-11(2)9-15(18(23)24)20-17(22)14-10-19-21(13(14)4)16-8-6-5-7-12(16)3/h5-8,10-11,15H,9H2,1-4H3,(H,20,22)(H,23,24)/t15-/m1/s1. The Balaban J connectivity index is 2.26. The molecule has 2 rings (SSSR count). The minimum absolute atomic E-state index is 0.169. The summed E-state index contributed by atoms with van der Waals surface area (Å²) in [4.78, 5) is 23.8. The monoisotopic (exact) mass is 329 g/mol. The van der Waals surface area contributed by atoms with Crippen molar-refractivity contribution in [2.45, 2.75) is 40.2 Å². The molecule has 6 nitrogen and oxygen atoms in total. The highest BCUT2D eigenvalue weighted by atomic mass is 16.4. The number of carboxylic acids is 1. The Hall–Kier alpha value is -2.63. The van der Waals surface area contributed by atoms with Crippen molar-refractivity contribution >= 4 is 11.9 Å². The minimum Gasteiger partial charge on any atom is -0.480 e. The summed E-state index contributed by atoms with van der Waals surface area (Å²) in [5.41, 5.74) is 2.99. The highest BCUT2D eigenvalue weighted by Crippen LogP contribution is 2.18. The van der Waals surface area contributed by atoms with E-state index in [1.807, 2.05) is 45.0 Å². The molecule has 0 radical (unpaired) electrons. The molecule has 0 spiro atoms. The van der Waals surface area contributed by atoms with Crippen molar-refractivity contribution in [3.63, 3.8) is 0 Å². The maximum atomic E-state index is 12.5. The van der Waals surface area contributed by atoms with Crippen LogP contribution in [0.2, 0.25) is 0 Å². The summed E-state index contributed by atoms with van der Waals surface area (Å²) in [6.07, 6.45) is 1.86. The van der Waals surface area contributed by atoms with Crippen molar-refractivity contribution in [3.8, 4) is 5.69 Å². The van der Waals surface area contributed by atoms with Crippen LogP contribution >= 0.6 is 0 Å². The van der Waals surface area contributed by atoms with E-state index in [-0.39, 0.29) is 5.92 Å². The van der Waals surface area contributed by atoms with Gasteiger partial charge in [0.15, 0.2) is 0 Å². The van der Waals surface area contributed by atoms with E-state index in [9.17, 15) is 14.7 Å². The number of carbonyl (C=O) groups is 2. The Bertz CT molecular complexity index is 750. The first-order valence-corrected chi connectivity index (χ1v) is 7.95. The zero-order valence-corrected chi connectivity index (χ0v) is 14.4. The smallest absolute Gasteiger partial charge is 0.326 e. The van der Waals surface area contributed by atoms with E-state index < -0.39 is 17.9 Å². The second kappa shape index (κ2) is 7.29. The highest BCUT2D eigenvalue weighted by Gasteiger charge is 2.24. The first kappa shape index (κ1) is 17.7. The summed E-state index contributed by atoms with van der Waals surface area (Å²) in [6, 6.07) is 6.84. The van der Waals surface area contributed by atoms with Gasteiger partial charge in [-0.05, 0) is 37.8 Å². The Morgan fingerprint density at radius 2 is 1.92 bits per heavy atom. The fourth-order valence-corrected chi connectivity index (χ4v) is 2.61. The van der Waals surface area contributed by atoms with Gasteiger partial charge in [-0.25, -0.2) is 9.48 Å². The third kappa shape index (κ3) is 3.82. The molecule has 1 amide bonds. The van der Waals surface area contributed by atoms with Crippen molar-refractivity contribution in [2.24, 2.45) is 5.92 Å². The van der Waals surface area contributed by atoms with Crippen LogP contribution in [0.25, 0.3) is 5.69 Å². The SMILES string of the molecule is Cc1ccccc1-n1ncc(C(=O)N[C@H](CC(C)C)C(=O)O)c1C. The number of benzene rings is 1. The van der Waals surface area contributed by atoms with Gasteiger partial charge in [-0.1, -0.05) is 32.0 Å². The number of hydrogen-bond donors (Lipinski definition) is 2. The Labute approximate surface area is 141 Å². The third-order valence-corrected chi connectivity index (χ3v) is 3.91. The lowest BCUT2D eigenvalue weighted by molar-refractivity contribution is -0.139. The number of para-hydroxylation sites is 1. The summed E-state index contributed by atoms with van der Waals surface area (Å²) in [7, 11) is 0. The number of amides is 1. The molecule has 24 heavy (non-hydrogen) atoms. The summed E-state index contributed by atoms with van der Waals surface area (Å²) in [5, 5.41) is 16.2. The molecule has 0 aliphatic heterocycles. The molecule has 1 atom stereocenters. The van der Waals surface area contributed by atoms with Crippen LogP contribution in [0, 0.1) is 19.8 Å². The molecule has 1 aromatic heterocycles. The van der Waals surface area contributed by atoms with Gasteiger partial charge >= 0.3 is 5.97 Å². The van der Waals surface area contributed by atoms with Crippen molar-refractivity contribution in [2.75, 3.05) is 0 Å². The Morgan fingerprint density at radius 1 is 1.25 bits per heavy atom. The highest BCUT2D eigenvalue weighted by molar-refractivity contribution is 5.97. The van der Waals surface area contributed by atoms with E-state index in [4.69, 9.17) is 0 Å². The van der Waals surface area contributed by atoms with E-state index in [0.29, 0.717) is 17.7 Å². The van der Waals surface area contributed by atoms with E-state index in [1.54, 1.807) is 11.6 Å². The number of aromatic nitrogens is 2. The summed E-state index contributed by atoms with van der Waals surface area (Å²) >= 11 is 0. The number of carboxylic acid groups (broad SMARTS) is 1.